The molecule has 2 rings (SSSR count). The standard InChI is InChI=1S/C16H27ClN4O2/c1-16(2,3)23-15(22)21-7-5-6-12(11-21)8-18-10-14-13(17)9-19-20(14)4/h9,12,18H,5-8,10-11H2,1-4H3/t12-/m1/s1. The lowest BCUT2D eigenvalue weighted by Crippen LogP contribution is -2.45. The third-order valence-electron chi connectivity index (χ3n) is 3.91. The van der Waals surface area contributed by atoms with E-state index in [2.05, 4.69) is 10.4 Å². The fraction of sp³-hybridized carbons (Fsp3) is 0.750. The molecule has 1 atom stereocenters. The average Bonchev–Trinajstić information content (AvgIpc) is 2.77. The summed E-state index contributed by atoms with van der Waals surface area (Å²) in [7, 11) is 1.88. The number of ether oxygens (including phenoxy) is 1. The van der Waals surface area contributed by atoms with E-state index < -0.39 is 5.60 Å². The van der Waals surface area contributed by atoms with Crippen molar-refractivity contribution in [3.8, 4) is 0 Å². The molecular weight excluding hydrogens is 316 g/mol. The second kappa shape index (κ2) is 7.53. The highest BCUT2D eigenvalue weighted by Crippen LogP contribution is 2.19. The molecular formula is C16H27ClN4O2. The lowest BCUT2D eigenvalue weighted by molar-refractivity contribution is 0.0166. The normalized spacial score (nSPS) is 19.0. The third kappa shape index (κ3) is 5.39. The molecule has 0 spiro atoms. The summed E-state index contributed by atoms with van der Waals surface area (Å²) in [6.07, 6.45) is 3.57. The van der Waals surface area contributed by atoms with E-state index in [0.717, 1.165) is 38.2 Å². The van der Waals surface area contributed by atoms with Gasteiger partial charge in [0.15, 0.2) is 0 Å². The number of carbonyl (C=O) groups excluding carboxylic acids is 1. The first-order chi connectivity index (χ1) is 10.8. The number of likely N-dealkylation sites (tertiary alicyclic amines) is 1. The molecule has 1 fully saturated rings. The van der Waals surface area contributed by atoms with Crippen LogP contribution in [0.5, 0.6) is 0 Å². The Morgan fingerprint density at radius 3 is 2.87 bits per heavy atom. The number of rotatable bonds is 4. The van der Waals surface area contributed by atoms with Crippen LogP contribution < -0.4 is 5.32 Å². The highest BCUT2D eigenvalue weighted by molar-refractivity contribution is 6.31. The molecule has 0 aliphatic carbocycles. The number of aromatic nitrogens is 2. The Balaban J connectivity index is 1.79. The topological polar surface area (TPSA) is 59.4 Å². The van der Waals surface area contributed by atoms with Gasteiger partial charge in [-0.15, -0.1) is 0 Å². The van der Waals surface area contributed by atoms with Gasteiger partial charge in [0.2, 0.25) is 0 Å². The summed E-state index contributed by atoms with van der Waals surface area (Å²) in [6, 6.07) is 0. The van der Waals surface area contributed by atoms with E-state index in [1.165, 1.54) is 0 Å². The number of amides is 1. The number of hydrogen-bond acceptors (Lipinski definition) is 4. The number of nitrogens with one attached hydrogen (secondary N) is 1. The van der Waals surface area contributed by atoms with E-state index in [0.29, 0.717) is 17.5 Å². The number of carbonyl (C=O) groups is 1. The number of piperidine rings is 1. The maximum atomic E-state index is 12.2. The van der Waals surface area contributed by atoms with Crippen molar-refractivity contribution in [1.82, 2.24) is 20.0 Å². The first-order valence-corrected chi connectivity index (χ1v) is 8.49. The lowest BCUT2D eigenvalue weighted by Gasteiger charge is -2.34. The first kappa shape index (κ1) is 18.1. The minimum absolute atomic E-state index is 0.211. The molecule has 1 aliphatic rings. The molecule has 1 aromatic rings. The molecule has 1 amide bonds. The third-order valence-corrected chi connectivity index (χ3v) is 4.22. The number of hydrogen-bond donors (Lipinski definition) is 1. The molecule has 0 bridgehead atoms. The van der Waals surface area contributed by atoms with Gasteiger partial charge in [-0.05, 0) is 39.5 Å². The molecule has 1 aliphatic heterocycles. The van der Waals surface area contributed by atoms with Crippen LogP contribution in [0.1, 0.15) is 39.3 Å². The van der Waals surface area contributed by atoms with Crippen LogP contribution >= 0.6 is 11.6 Å². The van der Waals surface area contributed by atoms with Gasteiger partial charge in [0.05, 0.1) is 16.9 Å². The largest absolute Gasteiger partial charge is 0.444 e. The van der Waals surface area contributed by atoms with Crippen molar-refractivity contribution in [1.29, 1.82) is 0 Å². The van der Waals surface area contributed by atoms with Gasteiger partial charge in [0.1, 0.15) is 5.60 Å². The summed E-state index contributed by atoms with van der Waals surface area (Å²) >= 11 is 6.10. The highest BCUT2D eigenvalue weighted by atomic mass is 35.5. The van der Waals surface area contributed by atoms with Gasteiger partial charge < -0.3 is 15.0 Å². The van der Waals surface area contributed by atoms with Crippen molar-refractivity contribution in [3.05, 3.63) is 16.9 Å². The number of halogens is 1. The minimum atomic E-state index is -0.446. The van der Waals surface area contributed by atoms with Crippen molar-refractivity contribution < 1.29 is 9.53 Å². The van der Waals surface area contributed by atoms with Gasteiger partial charge in [-0.1, -0.05) is 11.6 Å². The molecule has 1 aromatic heterocycles. The SMILES string of the molecule is Cn1ncc(Cl)c1CNC[C@H]1CCCN(C(=O)OC(C)(C)C)C1. The molecule has 0 saturated carbocycles. The highest BCUT2D eigenvalue weighted by Gasteiger charge is 2.27. The van der Waals surface area contributed by atoms with Crippen LogP contribution in [0, 0.1) is 5.92 Å². The Labute approximate surface area is 143 Å². The van der Waals surface area contributed by atoms with Crippen LogP contribution in [0.3, 0.4) is 0 Å². The maximum Gasteiger partial charge on any atom is 0.410 e. The Kier molecular flexibility index (Phi) is 5.92. The van der Waals surface area contributed by atoms with Crippen molar-refractivity contribution in [3.63, 3.8) is 0 Å². The van der Waals surface area contributed by atoms with E-state index >= 15 is 0 Å². The summed E-state index contributed by atoms with van der Waals surface area (Å²) in [6.45, 7) is 8.72. The van der Waals surface area contributed by atoms with Crippen molar-refractivity contribution in [2.45, 2.75) is 45.8 Å². The predicted octanol–water partition coefficient (Wildman–Crippen LogP) is 2.81. The smallest absolute Gasteiger partial charge is 0.410 e. The summed E-state index contributed by atoms with van der Waals surface area (Å²) in [5.74, 6) is 0.434. The van der Waals surface area contributed by atoms with Gasteiger partial charge in [0, 0.05) is 33.2 Å². The van der Waals surface area contributed by atoms with Crippen LogP contribution in [0.25, 0.3) is 0 Å². The fourth-order valence-electron chi connectivity index (χ4n) is 2.75. The van der Waals surface area contributed by atoms with Crippen LogP contribution in [0.2, 0.25) is 5.02 Å². The molecule has 0 radical (unpaired) electrons. The summed E-state index contributed by atoms with van der Waals surface area (Å²) in [4.78, 5) is 14.0. The second-order valence-electron chi connectivity index (χ2n) is 7.13. The molecule has 2 heterocycles. The van der Waals surface area contributed by atoms with Gasteiger partial charge in [-0.25, -0.2) is 4.79 Å². The van der Waals surface area contributed by atoms with E-state index in [-0.39, 0.29) is 6.09 Å². The monoisotopic (exact) mass is 342 g/mol. The van der Waals surface area contributed by atoms with Gasteiger partial charge >= 0.3 is 6.09 Å². The average molecular weight is 343 g/mol. The molecule has 1 N–H and O–H groups in total. The van der Waals surface area contributed by atoms with Gasteiger partial charge in [-0.3, -0.25) is 4.68 Å². The molecule has 23 heavy (non-hydrogen) atoms. The Hall–Kier alpha value is -1.27. The minimum Gasteiger partial charge on any atom is -0.444 e. The Morgan fingerprint density at radius 1 is 1.52 bits per heavy atom. The first-order valence-electron chi connectivity index (χ1n) is 8.11. The van der Waals surface area contributed by atoms with E-state index in [1.54, 1.807) is 10.9 Å². The zero-order valence-corrected chi connectivity index (χ0v) is 15.2. The van der Waals surface area contributed by atoms with Crippen LogP contribution in [-0.4, -0.2) is 46.0 Å². The van der Waals surface area contributed by atoms with Crippen LogP contribution in [0.15, 0.2) is 6.20 Å². The van der Waals surface area contributed by atoms with Crippen LogP contribution in [0.4, 0.5) is 4.79 Å². The summed E-state index contributed by atoms with van der Waals surface area (Å²) < 4.78 is 7.24. The predicted molar refractivity (Wildman–Crippen MR) is 90.5 cm³/mol. The van der Waals surface area contributed by atoms with Crippen molar-refractivity contribution in [2.24, 2.45) is 13.0 Å². The lowest BCUT2D eigenvalue weighted by atomic mass is 9.98. The Morgan fingerprint density at radius 2 is 2.26 bits per heavy atom. The molecule has 7 heteroatoms. The quantitative estimate of drug-likeness (QED) is 0.914. The zero-order valence-electron chi connectivity index (χ0n) is 14.4. The molecule has 1 saturated heterocycles. The molecule has 0 unspecified atom stereocenters. The maximum absolute atomic E-state index is 12.2. The van der Waals surface area contributed by atoms with E-state index in [9.17, 15) is 4.79 Å². The van der Waals surface area contributed by atoms with Crippen molar-refractivity contribution >= 4 is 17.7 Å². The van der Waals surface area contributed by atoms with Gasteiger partial charge in [0.25, 0.3) is 0 Å². The number of aryl methyl sites for hydroxylation is 1. The second-order valence-corrected chi connectivity index (χ2v) is 7.54. The van der Waals surface area contributed by atoms with Gasteiger partial charge in [-0.2, -0.15) is 5.10 Å². The Bertz CT molecular complexity index is 519. The molecule has 0 aromatic carbocycles. The summed E-state index contributed by atoms with van der Waals surface area (Å²) in [5, 5.41) is 8.23. The molecule has 130 valence electrons. The van der Waals surface area contributed by atoms with E-state index in [1.807, 2.05) is 32.7 Å². The van der Waals surface area contributed by atoms with E-state index in [4.69, 9.17) is 16.3 Å². The van der Waals surface area contributed by atoms with Crippen LogP contribution in [-0.2, 0) is 18.3 Å². The fourth-order valence-corrected chi connectivity index (χ4v) is 2.99. The number of nitrogens with zero attached hydrogens (tertiary/aromatic N) is 3. The molecule has 6 nitrogen and oxygen atoms in total. The van der Waals surface area contributed by atoms with Crippen molar-refractivity contribution in [2.75, 3.05) is 19.6 Å². The summed E-state index contributed by atoms with van der Waals surface area (Å²) in [5.41, 5.74) is 0.532. The zero-order chi connectivity index (χ0) is 17.0.